The fourth-order valence-corrected chi connectivity index (χ4v) is 2.42. The van der Waals surface area contributed by atoms with Crippen molar-refractivity contribution in [2.24, 2.45) is 5.41 Å². The van der Waals surface area contributed by atoms with Crippen molar-refractivity contribution in [3.63, 3.8) is 0 Å². The minimum absolute atomic E-state index is 0.262. The zero-order valence-electron chi connectivity index (χ0n) is 14.0. The second-order valence-corrected chi connectivity index (χ2v) is 6.73. The van der Waals surface area contributed by atoms with Gasteiger partial charge in [0.1, 0.15) is 11.0 Å². The third-order valence-electron chi connectivity index (χ3n) is 3.58. The minimum Gasteiger partial charge on any atom is -0.468 e. The van der Waals surface area contributed by atoms with Gasteiger partial charge in [0.25, 0.3) is 0 Å². The van der Waals surface area contributed by atoms with Crippen molar-refractivity contribution in [3.8, 4) is 0 Å². The molecule has 0 aliphatic carbocycles. The molecule has 0 bridgehead atoms. The molecule has 2 rings (SSSR count). The second-order valence-electron chi connectivity index (χ2n) is 6.73. The average Bonchev–Trinajstić information content (AvgIpc) is 2.44. The fourth-order valence-electron chi connectivity index (χ4n) is 2.42. The number of ether oxygens (including phenoxy) is 2. The number of carbonyl (C=O) groups is 2. The Hall–Kier alpha value is -2.30. The predicted molar refractivity (Wildman–Crippen MR) is 87.7 cm³/mol. The lowest BCUT2D eigenvalue weighted by molar-refractivity contribution is -0.157. The van der Waals surface area contributed by atoms with Gasteiger partial charge in [-0.05, 0) is 26.3 Å². The van der Waals surface area contributed by atoms with E-state index in [2.05, 4.69) is 0 Å². The molecule has 1 saturated heterocycles. The molecule has 0 aromatic heterocycles. The predicted octanol–water partition coefficient (Wildman–Crippen LogP) is 3.11. The molecule has 124 valence electrons. The lowest BCUT2D eigenvalue weighted by Gasteiger charge is -2.46. The van der Waals surface area contributed by atoms with Gasteiger partial charge in [-0.1, -0.05) is 42.5 Å². The Labute approximate surface area is 136 Å². The van der Waals surface area contributed by atoms with Crippen molar-refractivity contribution in [2.45, 2.75) is 26.4 Å². The zero-order chi connectivity index (χ0) is 17.1. The van der Waals surface area contributed by atoms with E-state index in [0.29, 0.717) is 0 Å². The van der Waals surface area contributed by atoms with Gasteiger partial charge in [-0.15, -0.1) is 0 Å². The van der Waals surface area contributed by atoms with Crippen LogP contribution in [-0.2, 0) is 14.3 Å². The molecule has 1 fully saturated rings. The minimum atomic E-state index is -0.804. The van der Waals surface area contributed by atoms with E-state index in [-0.39, 0.29) is 19.1 Å². The quantitative estimate of drug-likeness (QED) is 0.804. The zero-order valence-corrected chi connectivity index (χ0v) is 14.0. The number of methoxy groups -OCH3 is 1. The van der Waals surface area contributed by atoms with Crippen LogP contribution in [0, 0.1) is 5.41 Å². The van der Waals surface area contributed by atoms with E-state index in [1.165, 1.54) is 12.0 Å². The van der Waals surface area contributed by atoms with Crippen LogP contribution in [0.4, 0.5) is 4.79 Å². The van der Waals surface area contributed by atoms with Crippen molar-refractivity contribution in [2.75, 3.05) is 20.2 Å². The highest BCUT2D eigenvalue weighted by Gasteiger charge is 2.51. The van der Waals surface area contributed by atoms with Gasteiger partial charge in [0.15, 0.2) is 0 Å². The third kappa shape index (κ3) is 4.12. The normalized spacial score (nSPS) is 16.8. The summed E-state index contributed by atoms with van der Waals surface area (Å²) in [5.41, 5.74) is -0.367. The summed E-state index contributed by atoms with van der Waals surface area (Å²) in [6.07, 6.45) is 3.28. The third-order valence-corrected chi connectivity index (χ3v) is 3.58. The summed E-state index contributed by atoms with van der Waals surface area (Å²) in [5.74, 6) is -0.343. The summed E-state index contributed by atoms with van der Waals surface area (Å²) in [7, 11) is 1.36. The summed E-state index contributed by atoms with van der Waals surface area (Å²) in [6, 6.07) is 9.69. The van der Waals surface area contributed by atoms with Crippen LogP contribution in [0.15, 0.2) is 36.4 Å². The summed E-state index contributed by atoms with van der Waals surface area (Å²) in [4.78, 5) is 25.7. The first-order valence-corrected chi connectivity index (χ1v) is 7.56. The van der Waals surface area contributed by atoms with Crippen molar-refractivity contribution in [1.29, 1.82) is 0 Å². The Balaban J connectivity index is 2.08. The van der Waals surface area contributed by atoms with Crippen LogP contribution in [0.3, 0.4) is 0 Å². The van der Waals surface area contributed by atoms with Gasteiger partial charge in [0.2, 0.25) is 0 Å². The molecule has 0 atom stereocenters. The van der Waals surface area contributed by atoms with Gasteiger partial charge >= 0.3 is 12.1 Å². The molecule has 0 unspecified atom stereocenters. The molecule has 5 nitrogen and oxygen atoms in total. The number of carbonyl (C=O) groups excluding carboxylic acids is 2. The fraction of sp³-hybridized carbons (Fsp3) is 0.444. The van der Waals surface area contributed by atoms with Crippen LogP contribution >= 0.6 is 0 Å². The number of benzene rings is 1. The van der Waals surface area contributed by atoms with E-state index in [1.807, 2.05) is 63.3 Å². The van der Waals surface area contributed by atoms with Gasteiger partial charge in [0, 0.05) is 13.1 Å². The van der Waals surface area contributed by atoms with E-state index < -0.39 is 17.1 Å². The number of amides is 1. The maximum absolute atomic E-state index is 12.1. The Morgan fingerprint density at radius 1 is 1.17 bits per heavy atom. The van der Waals surface area contributed by atoms with Crippen molar-refractivity contribution >= 4 is 18.1 Å². The SMILES string of the molecule is COC(=O)C1(C=Cc2ccccc2)CN(C(=O)OC(C)(C)C)C1. The first kappa shape index (κ1) is 17.1. The van der Waals surface area contributed by atoms with Crippen molar-refractivity contribution < 1.29 is 19.1 Å². The number of likely N-dealkylation sites (tertiary alicyclic amines) is 1. The van der Waals surface area contributed by atoms with Gasteiger partial charge in [-0.2, -0.15) is 0 Å². The van der Waals surface area contributed by atoms with E-state index in [1.54, 1.807) is 0 Å². The molecule has 1 aromatic carbocycles. The Morgan fingerprint density at radius 2 is 1.78 bits per heavy atom. The van der Waals surface area contributed by atoms with Crippen LogP contribution in [0.1, 0.15) is 26.3 Å². The number of hydrogen-bond donors (Lipinski definition) is 0. The summed E-state index contributed by atoms with van der Waals surface area (Å²) in [5, 5.41) is 0. The average molecular weight is 317 g/mol. The highest BCUT2D eigenvalue weighted by Crippen LogP contribution is 2.35. The number of hydrogen-bond acceptors (Lipinski definition) is 4. The molecule has 1 heterocycles. The van der Waals surface area contributed by atoms with Crippen molar-refractivity contribution in [3.05, 3.63) is 42.0 Å². The summed E-state index contributed by atoms with van der Waals surface area (Å²) in [6.45, 7) is 5.96. The molecule has 0 saturated carbocycles. The van der Waals surface area contributed by atoms with E-state index >= 15 is 0 Å². The van der Waals surface area contributed by atoms with E-state index in [9.17, 15) is 9.59 Å². The molecule has 0 radical (unpaired) electrons. The monoisotopic (exact) mass is 317 g/mol. The molecular formula is C18H23NO4. The first-order valence-electron chi connectivity index (χ1n) is 7.56. The Kier molecular flexibility index (Phi) is 4.78. The van der Waals surface area contributed by atoms with Crippen LogP contribution in [0.5, 0.6) is 0 Å². The lowest BCUT2D eigenvalue weighted by atomic mass is 9.79. The largest absolute Gasteiger partial charge is 0.468 e. The van der Waals surface area contributed by atoms with E-state index in [4.69, 9.17) is 9.47 Å². The topological polar surface area (TPSA) is 55.8 Å². The molecular weight excluding hydrogens is 294 g/mol. The van der Waals surface area contributed by atoms with Crippen LogP contribution in [0.25, 0.3) is 6.08 Å². The molecule has 23 heavy (non-hydrogen) atoms. The second kappa shape index (κ2) is 6.44. The molecule has 0 N–H and O–H groups in total. The highest BCUT2D eigenvalue weighted by molar-refractivity contribution is 5.85. The molecule has 1 amide bonds. The number of nitrogens with zero attached hydrogens (tertiary/aromatic N) is 1. The lowest BCUT2D eigenvalue weighted by Crippen LogP contribution is -2.62. The van der Waals surface area contributed by atoms with Crippen LogP contribution in [0.2, 0.25) is 0 Å². The van der Waals surface area contributed by atoms with Crippen LogP contribution in [-0.4, -0.2) is 42.8 Å². The van der Waals surface area contributed by atoms with Crippen LogP contribution < -0.4 is 0 Å². The Morgan fingerprint density at radius 3 is 2.30 bits per heavy atom. The van der Waals surface area contributed by atoms with Gasteiger partial charge in [-0.25, -0.2) is 4.79 Å². The first-order chi connectivity index (χ1) is 10.8. The standard InChI is InChI=1S/C18H23NO4/c1-17(2,3)23-16(21)19-12-18(13-19,15(20)22-4)11-10-14-8-6-5-7-9-14/h5-11H,12-13H2,1-4H3. The van der Waals surface area contributed by atoms with E-state index in [0.717, 1.165) is 5.56 Å². The maximum atomic E-state index is 12.1. The molecule has 1 aliphatic rings. The number of esters is 1. The van der Waals surface area contributed by atoms with Gasteiger partial charge in [0.05, 0.1) is 7.11 Å². The number of rotatable bonds is 3. The molecule has 5 heteroatoms. The molecule has 1 aliphatic heterocycles. The summed E-state index contributed by atoms with van der Waals surface area (Å²) < 4.78 is 10.2. The smallest absolute Gasteiger partial charge is 0.410 e. The maximum Gasteiger partial charge on any atom is 0.410 e. The summed E-state index contributed by atoms with van der Waals surface area (Å²) >= 11 is 0. The van der Waals surface area contributed by atoms with Crippen molar-refractivity contribution in [1.82, 2.24) is 4.90 Å². The molecule has 0 spiro atoms. The highest BCUT2D eigenvalue weighted by atomic mass is 16.6. The van der Waals surface area contributed by atoms with Gasteiger partial charge in [-0.3, -0.25) is 4.79 Å². The molecule has 1 aromatic rings. The van der Waals surface area contributed by atoms with Gasteiger partial charge < -0.3 is 14.4 Å². The Bertz CT molecular complexity index is 595.